The van der Waals surface area contributed by atoms with Crippen LogP contribution in [0.5, 0.6) is 5.75 Å². The van der Waals surface area contributed by atoms with E-state index in [0.29, 0.717) is 6.61 Å². The van der Waals surface area contributed by atoms with Gasteiger partial charge >= 0.3 is 5.97 Å². The third-order valence-electron chi connectivity index (χ3n) is 2.05. The van der Waals surface area contributed by atoms with Crippen LogP contribution in [-0.2, 0) is 10.0 Å². The topological polar surface area (TPSA) is 92.7 Å². The molecule has 17 heavy (non-hydrogen) atoms. The van der Waals surface area contributed by atoms with Gasteiger partial charge in [0.25, 0.3) is 0 Å². The second kappa shape index (κ2) is 5.15. The average molecular weight is 259 g/mol. The van der Waals surface area contributed by atoms with Crippen LogP contribution in [0.4, 0.5) is 0 Å². The van der Waals surface area contributed by atoms with Crippen molar-refractivity contribution in [2.24, 2.45) is 0 Å². The van der Waals surface area contributed by atoms with E-state index in [1.165, 1.54) is 19.2 Å². The summed E-state index contributed by atoms with van der Waals surface area (Å²) in [6.07, 6.45) is 0. The summed E-state index contributed by atoms with van der Waals surface area (Å²) < 4.78 is 30.6. The Balaban J connectivity index is 3.40. The Kier molecular flexibility index (Phi) is 4.08. The Labute approximate surface area is 99.3 Å². The smallest absolute Gasteiger partial charge is 0.335 e. The second-order valence-electron chi connectivity index (χ2n) is 3.11. The van der Waals surface area contributed by atoms with E-state index in [1.807, 2.05) is 0 Å². The summed E-state index contributed by atoms with van der Waals surface area (Å²) in [6.45, 7) is 2.00. The molecule has 0 aliphatic heterocycles. The van der Waals surface area contributed by atoms with Gasteiger partial charge in [-0.1, -0.05) is 0 Å². The Bertz CT molecular complexity index is 523. The van der Waals surface area contributed by atoms with Gasteiger partial charge in [-0.2, -0.15) is 0 Å². The molecule has 1 aromatic rings. The van der Waals surface area contributed by atoms with Crippen molar-refractivity contribution in [3.05, 3.63) is 23.8 Å². The Morgan fingerprint density at radius 1 is 1.47 bits per heavy atom. The van der Waals surface area contributed by atoms with Gasteiger partial charge in [0.1, 0.15) is 10.6 Å². The Hall–Kier alpha value is -1.60. The maximum Gasteiger partial charge on any atom is 0.335 e. The number of carboxylic acids is 1. The lowest BCUT2D eigenvalue weighted by atomic mass is 10.2. The van der Waals surface area contributed by atoms with Crippen LogP contribution in [0.3, 0.4) is 0 Å². The lowest BCUT2D eigenvalue weighted by molar-refractivity contribution is 0.0696. The lowest BCUT2D eigenvalue weighted by Crippen LogP contribution is -2.20. The fourth-order valence-electron chi connectivity index (χ4n) is 1.24. The molecule has 0 radical (unpaired) electrons. The van der Waals surface area contributed by atoms with Gasteiger partial charge in [-0.25, -0.2) is 17.9 Å². The number of aromatic carboxylic acids is 1. The molecule has 0 saturated heterocycles. The minimum Gasteiger partial charge on any atom is -0.492 e. The first-order chi connectivity index (χ1) is 7.92. The molecule has 0 aromatic heterocycles. The second-order valence-corrected chi connectivity index (χ2v) is 4.96. The molecule has 0 heterocycles. The standard InChI is InChI=1S/C10H13NO5S/c1-3-16-8-5-4-7(10(12)13)6-9(8)17(14,15)11-2/h4-6,11H,3H2,1-2H3,(H,12,13). The lowest BCUT2D eigenvalue weighted by Gasteiger charge is -2.10. The number of hydrogen-bond donors (Lipinski definition) is 2. The molecule has 0 aliphatic rings. The first-order valence-electron chi connectivity index (χ1n) is 4.86. The van der Waals surface area contributed by atoms with Crippen molar-refractivity contribution in [2.45, 2.75) is 11.8 Å². The van der Waals surface area contributed by atoms with E-state index >= 15 is 0 Å². The van der Waals surface area contributed by atoms with Crippen molar-refractivity contribution >= 4 is 16.0 Å². The molecular weight excluding hydrogens is 246 g/mol. The van der Waals surface area contributed by atoms with E-state index in [0.717, 1.165) is 6.07 Å². The van der Waals surface area contributed by atoms with Gasteiger partial charge < -0.3 is 9.84 Å². The molecule has 0 unspecified atom stereocenters. The summed E-state index contributed by atoms with van der Waals surface area (Å²) in [6, 6.07) is 3.69. The summed E-state index contributed by atoms with van der Waals surface area (Å²) in [5.74, 6) is -1.06. The first-order valence-corrected chi connectivity index (χ1v) is 6.34. The van der Waals surface area contributed by atoms with Crippen LogP contribution in [0.2, 0.25) is 0 Å². The summed E-state index contributed by atoms with van der Waals surface area (Å²) in [5, 5.41) is 8.81. The van der Waals surface area contributed by atoms with Crippen molar-refractivity contribution in [2.75, 3.05) is 13.7 Å². The Morgan fingerprint density at radius 3 is 2.59 bits per heavy atom. The van der Waals surface area contributed by atoms with E-state index < -0.39 is 16.0 Å². The van der Waals surface area contributed by atoms with Crippen molar-refractivity contribution in [3.8, 4) is 5.75 Å². The van der Waals surface area contributed by atoms with Gasteiger partial charge in [-0.05, 0) is 32.2 Å². The van der Waals surface area contributed by atoms with Crippen LogP contribution < -0.4 is 9.46 Å². The summed E-state index contributed by atoms with van der Waals surface area (Å²) >= 11 is 0. The highest BCUT2D eigenvalue weighted by Gasteiger charge is 2.20. The number of benzene rings is 1. The third kappa shape index (κ3) is 2.95. The van der Waals surface area contributed by atoms with Crippen LogP contribution >= 0.6 is 0 Å². The van der Waals surface area contributed by atoms with Gasteiger partial charge in [0, 0.05) is 0 Å². The molecule has 0 fully saturated rings. The van der Waals surface area contributed by atoms with Crippen LogP contribution in [-0.4, -0.2) is 33.1 Å². The van der Waals surface area contributed by atoms with E-state index in [2.05, 4.69) is 4.72 Å². The predicted molar refractivity (Wildman–Crippen MR) is 60.8 cm³/mol. The highest BCUT2D eigenvalue weighted by molar-refractivity contribution is 7.89. The molecule has 0 amide bonds. The Morgan fingerprint density at radius 2 is 2.12 bits per heavy atom. The van der Waals surface area contributed by atoms with Crippen LogP contribution in [0.25, 0.3) is 0 Å². The quantitative estimate of drug-likeness (QED) is 0.811. The number of ether oxygens (including phenoxy) is 1. The van der Waals surface area contributed by atoms with Crippen LogP contribution in [0, 0.1) is 0 Å². The van der Waals surface area contributed by atoms with E-state index in [9.17, 15) is 13.2 Å². The maximum absolute atomic E-state index is 11.7. The molecule has 2 N–H and O–H groups in total. The predicted octanol–water partition coefficient (Wildman–Crippen LogP) is 0.692. The molecule has 0 atom stereocenters. The number of carbonyl (C=O) groups is 1. The number of sulfonamides is 1. The third-order valence-corrected chi connectivity index (χ3v) is 3.48. The molecule has 0 spiro atoms. The number of rotatable bonds is 5. The minimum absolute atomic E-state index is 0.109. The molecule has 0 bridgehead atoms. The largest absolute Gasteiger partial charge is 0.492 e. The zero-order chi connectivity index (χ0) is 13.1. The number of nitrogens with one attached hydrogen (secondary N) is 1. The highest BCUT2D eigenvalue weighted by Crippen LogP contribution is 2.25. The van der Waals surface area contributed by atoms with Gasteiger partial charge in [-0.3, -0.25) is 0 Å². The van der Waals surface area contributed by atoms with Crippen LogP contribution in [0.1, 0.15) is 17.3 Å². The van der Waals surface area contributed by atoms with E-state index in [-0.39, 0.29) is 16.2 Å². The molecule has 6 nitrogen and oxygen atoms in total. The molecule has 0 saturated carbocycles. The zero-order valence-corrected chi connectivity index (χ0v) is 10.2. The van der Waals surface area contributed by atoms with Crippen molar-refractivity contribution in [1.29, 1.82) is 0 Å². The average Bonchev–Trinajstić information content (AvgIpc) is 2.29. The molecular formula is C10H13NO5S. The van der Waals surface area contributed by atoms with Gasteiger partial charge in [-0.15, -0.1) is 0 Å². The summed E-state index contributed by atoms with van der Waals surface area (Å²) in [4.78, 5) is 10.6. The summed E-state index contributed by atoms with van der Waals surface area (Å²) in [7, 11) is -2.50. The normalized spacial score (nSPS) is 11.2. The van der Waals surface area contributed by atoms with Gasteiger partial charge in [0.05, 0.1) is 12.2 Å². The number of carboxylic acid groups (broad SMARTS) is 1. The molecule has 1 rings (SSSR count). The van der Waals surface area contributed by atoms with Crippen LogP contribution in [0.15, 0.2) is 23.1 Å². The highest BCUT2D eigenvalue weighted by atomic mass is 32.2. The van der Waals surface area contributed by atoms with Crippen molar-refractivity contribution in [3.63, 3.8) is 0 Å². The van der Waals surface area contributed by atoms with Crippen molar-refractivity contribution in [1.82, 2.24) is 4.72 Å². The van der Waals surface area contributed by atoms with Crippen molar-refractivity contribution < 1.29 is 23.1 Å². The SMILES string of the molecule is CCOc1ccc(C(=O)O)cc1S(=O)(=O)NC. The van der Waals surface area contributed by atoms with E-state index in [4.69, 9.17) is 9.84 Å². The minimum atomic E-state index is -3.75. The fourth-order valence-corrected chi connectivity index (χ4v) is 2.13. The molecule has 94 valence electrons. The zero-order valence-electron chi connectivity index (χ0n) is 9.43. The molecule has 7 heteroatoms. The van der Waals surface area contributed by atoms with Gasteiger partial charge in [0.15, 0.2) is 0 Å². The maximum atomic E-state index is 11.7. The molecule has 0 aliphatic carbocycles. The first kappa shape index (κ1) is 13.5. The van der Waals surface area contributed by atoms with E-state index in [1.54, 1.807) is 6.92 Å². The van der Waals surface area contributed by atoms with Gasteiger partial charge in [0.2, 0.25) is 10.0 Å². The summed E-state index contributed by atoms with van der Waals surface area (Å²) in [5.41, 5.74) is -0.109. The molecule has 1 aromatic carbocycles. The monoisotopic (exact) mass is 259 g/mol. The number of hydrogen-bond acceptors (Lipinski definition) is 4. The fraction of sp³-hybridized carbons (Fsp3) is 0.300.